The van der Waals surface area contributed by atoms with Crippen molar-refractivity contribution in [3.05, 3.63) is 95.6 Å². The van der Waals surface area contributed by atoms with Gasteiger partial charge in [-0.1, -0.05) is 78.9 Å². The number of carbonyl (C=O) groups excluding carboxylic acids is 7. The molecular weight excluding hydrogens is 919 g/mol. The maximum absolute atomic E-state index is 13.3. The van der Waals surface area contributed by atoms with Gasteiger partial charge in [0, 0.05) is 38.3 Å². The summed E-state index contributed by atoms with van der Waals surface area (Å²) in [6.07, 6.45) is -0.779. The molecule has 18 heteroatoms. The van der Waals surface area contributed by atoms with Crippen molar-refractivity contribution >= 4 is 41.6 Å². The first-order valence-electron chi connectivity index (χ1n) is 24.0. The normalized spacial score (nSPS) is 12.9. The number of hydrogen-bond donors (Lipinski definition) is 3. The second-order valence-corrected chi connectivity index (χ2v) is 18.8. The highest BCUT2D eigenvalue weighted by Gasteiger charge is 2.33. The third-order valence-corrected chi connectivity index (χ3v) is 10.5. The van der Waals surface area contributed by atoms with Gasteiger partial charge in [0.25, 0.3) is 0 Å². The Labute approximate surface area is 416 Å². The molecule has 0 spiro atoms. The summed E-state index contributed by atoms with van der Waals surface area (Å²) in [6, 6.07) is 22.7. The van der Waals surface area contributed by atoms with Crippen LogP contribution >= 0.6 is 0 Å². The van der Waals surface area contributed by atoms with Crippen LogP contribution in [0.2, 0.25) is 0 Å². The number of nitrogens with one attached hydrogen (secondary N) is 3. The zero-order valence-electron chi connectivity index (χ0n) is 41.9. The fourth-order valence-corrected chi connectivity index (χ4v) is 7.20. The van der Waals surface area contributed by atoms with Crippen LogP contribution in [0.4, 0.5) is 4.79 Å². The fourth-order valence-electron chi connectivity index (χ4n) is 7.20. The standard InChI is InChI=1S/C53H71N3O15/c1-52(2,3)70-49(61)44(22-24-46(58)54-26-28-65-30-31-66-34-38(57)17-14-27-64-29-32-67-36-48(60)68-33-37-15-8-7-9-16-37)55-47(59)25-23-45(50(62)71-53(4,5)6)56-51(63)69-35-43-41-20-12-10-18-39(41)40-19-11-13-21-42(40)43/h7-13,15-16,18-21,43-45H,14,17,22-36H2,1-6H3,(H,54,58)(H,55,59)(H,56,63)/t44-,45-/m0/s1. The molecule has 1 aliphatic rings. The first-order chi connectivity index (χ1) is 33.9. The smallest absolute Gasteiger partial charge is 0.407 e. The monoisotopic (exact) mass is 989 g/mol. The van der Waals surface area contributed by atoms with Crippen LogP contribution in [-0.4, -0.2) is 131 Å². The number of fused-ring (bicyclic) bond motifs is 3. The molecule has 388 valence electrons. The molecule has 18 nitrogen and oxygen atoms in total. The van der Waals surface area contributed by atoms with Crippen LogP contribution in [0, 0.1) is 0 Å². The van der Waals surface area contributed by atoms with Crippen molar-refractivity contribution < 1.29 is 71.5 Å². The summed E-state index contributed by atoms with van der Waals surface area (Å²) in [7, 11) is 0. The summed E-state index contributed by atoms with van der Waals surface area (Å²) in [5.41, 5.74) is 3.27. The van der Waals surface area contributed by atoms with E-state index >= 15 is 0 Å². The van der Waals surface area contributed by atoms with Crippen molar-refractivity contribution in [3.8, 4) is 11.1 Å². The highest BCUT2D eigenvalue weighted by molar-refractivity contribution is 5.87. The first-order valence-corrected chi connectivity index (χ1v) is 24.0. The van der Waals surface area contributed by atoms with Crippen LogP contribution in [0.15, 0.2) is 78.9 Å². The average Bonchev–Trinajstić information content (AvgIpc) is 3.64. The molecule has 3 N–H and O–H groups in total. The topological polar surface area (TPSA) is 229 Å². The lowest BCUT2D eigenvalue weighted by Gasteiger charge is -2.26. The SMILES string of the molecule is CC(C)(C)OC(=O)[C@H](CCC(=O)NCCOCCOCC(=O)CCCOCCOCC(=O)OCc1ccccc1)NC(=O)CC[C@H](NC(=O)OCC1c2ccccc2-c2ccccc21)C(=O)OC(C)(C)C. The van der Waals surface area contributed by atoms with Crippen molar-refractivity contribution in [1.29, 1.82) is 0 Å². The number of alkyl carbamates (subject to hydrolysis) is 1. The van der Waals surface area contributed by atoms with Gasteiger partial charge in [0.05, 0.1) is 33.0 Å². The Kier molecular flexibility index (Phi) is 24.1. The molecule has 0 unspecified atom stereocenters. The van der Waals surface area contributed by atoms with Crippen molar-refractivity contribution in [2.24, 2.45) is 0 Å². The van der Waals surface area contributed by atoms with E-state index in [-0.39, 0.29) is 110 Å². The molecule has 0 saturated heterocycles. The van der Waals surface area contributed by atoms with Gasteiger partial charge in [0.15, 0.2) is 5.78 Å². The van der Waals surface area contributed by atoms with Crippen LogP contribution in [0.1, 0.15) is 103 Å². The number of carbonyl (C=O) groups is 7. The molecule has 3 amide bonds. The Hall–Kier alpha value is -6.21. The number of Topliss-reactive ketones (excluding diaryl/α,β-unsaturated/α-hetero) is 1. The van der Waals surface area contributed by atoms with Crippen molar-refractivity contribution in [1.82, 2.24) is 16.0 Å². The fraction of sp³-hybridized carbons (Fsp3) is 0.528. The third-order valence-electron chi connectivity index (χ3n) is 10.5. The minimum Gasteiger partial charge on any atom is -0.459 e. The Morgan fingerprint density at radius 3 is 1.68 bits per heavy atom. The minimum atomic E-state index is -1.26. The summed E-state index contributed by atoms with van der Waals surface area (Å²) in [4.78, 5) is 89.7. The van der Waals surface area contributed by atoms with Gasteiger partial charge in [0.2, 0.25) is 11.8 Å². The summed E-state index contributed by atoms with van der Waals surface area (Å²) in [6.45, 7) is 11.5. The van der Waals surface area contributed by atoms with Gasteiger partial charge in [0.1, 0.15) is 49.7 Å². The van der Waals surface area contributed by atoms with E-state index in [0.717, 1.165) is 27.8 Å². The van der Waals surface area contributed by atoms with E-state index < -0.39 is 59.1 Å². The number of ketones is 1. The second-order valence-electron chi connectivity index (χ2n) is 18.8. The van der Waals surface area contributed by atoms with Crippen LogP contribution < -0.4 is 16.0 Å². The Morgan fingerprint density at radius 1 is 0.549 bits per heavy atom. The molecule has 0 radical (unpaired) electrons. The number of rotatable bonds is 31. The zero-order chi connectivity index (χ0) is 51.7. The molecule has 3 aromatic rings. The van der Waals surface area contributed by atoms with Crippen LogP contribution in [-0.2, 0) is 73.3 Å². The summed E-state index contributed by atoms with van der Waals surface area (Å²) < 4.78 is 43.5. The summed E-state index contributed by atoms with van der Waals surface area (Å²) in [5.74, 6) is -3.29. The van der Waals surface area contributed by atoms with Gasteiger partial charge in [-0.05, 0) is 88.6 Å². The van der Waals surface area contributed by atoms with Gasteiger partial charge in [-0.15, -0.1) is 0 Å². The molecule has 0 fully saturated rings. The minimum absolute atomic E-state index is 0.0106. The number of esters is 3. The van der Waals surface area contributed by atoms with Gasteiger partial charge in [-0.2, -0.15) is 0 Å². The second kappa shape index (κ2) is 29.8. The lowest BCUT2D eigenvalue weighted by Crippen LogP contribution is -2.47. The molecule has 4 rings (SSSR count). The van der Waals surface area contributed by atoms with Crippen LogP contribution in [0.5, 0.6) is 0 Å². The number of amides is 3. The van der Waals surface area contributed by atoms with E-state index in [1.165, 1.54) is 0 Å². The van der Waals surface area contributed by atoms with Gasteiger partial charge in [-0.3, -0.25) is 14.4 Å². The molecule has 1 aliphatic carbocycles. The molecule has 71 heavy (non-hydrogen) atoms. The van der Waals surface area contributed by atoms with Crippen molar-refractivity contribution in [2.75, 3.05) is 66.0 Å². The Balaban J connectivity index is 1.10. The molecule has 0 heterocycles. The lowest BCUT2D eigenvalue weighted by molar-refractivity contribution is -0.160. The predicted octanol–water partition coefficient (Wildman–Crippen LogP) is 5.90. The summed E-state index contributed by atoms with van der Waals surface area (Å²) >= 11 is 0. The Bertz CT molecular complexity index is 2140. The quantitative estimate of drug-likeness (QED) is 0.0387. The maximum atomic E-state index is 13.3. The largest absolute Gasteiger partial charge is 0.459 e. The van der Waals surface area contributed by atoms with E-state index in [0.29, 0.717) is 13.0 Å². The predicted molar refractivity (Wildman–Crippen MR) is 261 cm³/mol. The molecular formula is C53H71N3O15. The van der Waals surface area contributed by atoms with E-state index in [4.69, 9.17) is 37.9 Å². The van der Waals surface area contributed by atoms with E-state index in [1.807, 2.05) is 78.9 Å². The van der Waals surface area contributed by atoms with Crippen molar-refractivity contribution in [2.45, 2.75) is 116 Å². The first kappa shape index (κ1) is 57.4. The number of hydrogen-bond acceptors (Lipinski definition) is 15. The molecule has 3 aromatic carbocycles. The average molecular weight is 990 g/mol. The molecule has 0 aromatic heterocycles. The van der Waals surface area contributed by atoms with Crippen LogP contribution in [0.25, 0.3) is 11.1 Å². The van der Waals surface area contributed by atoms with E-state index in [1.54, 1.807) is 41.5 Å². The molecule has 0 aliphatic heterocycles. The van der Waals surface area contributed by atoms with Crippen molar-refractivity contribution in [3.63, 3.8) is 0 Å². The highest BCUT2D eigenvalue weighted by Crippen LogP contribution is 2.44. The molecule has 0 bridgehead atoms. The third kappa shape index (κ3) is 22.6. The van der Waals surface area contributed by atoms with Gasteiger partial charge in [-0.25, -0.2) is 19.2 Å². The van der Waals surface area contributed by atoms with E-state index in [2.05, 4.69) is 16.0 Å². The number of ether oxygens (including phenoxy) is 8. The summed E-state index contributed by atoms with van der Waals surface area (Å²) in [5, 5.41) is 7.91. The molecule has 0 saturated carbocycles. The van der Waals surface area contributed by atoms with Crippen LogP contribution in [0.3, 0.4) is 0 Å². The highest BCUT2D eigenvalue weighted by atomic mass is 16.6. The van der Waals surface area contributed by atoms with E-state index in [9.17, 15) is 33.6 Å². The zero-order valence-corrected chi connectivity index (χ0v) is 41.9. The Morgan fingerprint density at radius 2 is 1.07 bits per heavy atom. The van der Waals surface area contributed by atoms with Gasteiger partial charge >= 0.3 is 24.0 Å². The van der Waals surface area contributed by atoms with Gasteiger partial charge < -0.3 is 53.8 Å². The lowest BCUT2D eigenvalue weighted by atomic mass is 9.98. The molecule has 2 atom stereocenters. The number of benzene rings is 3. The maximum Gasteiger partial charge on any atom is 0.407 e.